The van der Waals surface area contributed by atoms with Crippen LogP contribution in [0.2, 0.25) is 0 Å². The molecule has 12 unspecified atom stereocenters. The van der Waals surface area contributed by atoms with E-state index in [-0.39, 0.29) is 18.9 Å². The van der Waals surface area contributed by atoms with Gasteiger partial charge in [-0.3, -0.25) is 4.79 Å². The zero-order valence-corrected chi connectivity index (χ0v) is 33.4. The molecule has 12 atom stereocenters. The van der Waals surface area contributed by atoms with Crippen LogP contribution in [0.4, 0.5) is 0 Å². The van der Waals surface area contributed by atoms with Gasteiger partial charge in [-0.2, -0.15) is 0 Å². The summed E-state index contributed by atoms with van der Waals surface area (Å²) in [7, 11) is 0. The Bertz CT molecular complexity index is 1030. The minimum absolute atomic E-state index is 0.228. The Morgan fingerprint density at radius 1 is 0.655 bits per heavy atom. The molecule has 2 fully saturated rings. The molecule has 2 heterocycles. The number of ether oxygens (including phenoxy) is 4. The van der Waals surface area contributed by atoms with Gasteiger partial charge in [-0.25, -0.2) is 0 Å². The average molecular weight is 790 g/mol. The summed E-state index contributed by atoms with van der Waals surface area (Å²) in [5, 5.41) is 86.2. The second-order valence-electron chi connectivity index (χ2n) is 15.1. The highest BCUT2D eigenvalue weighted by Gasteiger charge is 2.50. The van der Waals surface area contributed by atoms with E-state index in [4.69, 9.17) is 18.9 Å². The molecule has 2 saturated heterocycles. The van der Waals surface area contributed by atoms with Gasteiger partial charge in [0.25, 0.3) is 0 Å². The molecule has 9 N–H and O–H groups in total. The van der Waals surface area contributed by atoms with Crippen LogP contribution >= 0.6 is 0 Å². The van der Waals surface area contributed by atoms with Crippen LogP contribution in [0.25, 0.3) is 0 Å². The third kappa shape index (κ3) is 18.7. The molecule has 0 radical (unpaired) electrons. The monoisotopic (exact) mass is 790 g/mol. The third-order valence-corrected chi connectivity index (χ3v) is 10.4. The minimum atomic E-state index is -1.78. The second kappa shape index (κ2) is 29.6. The molecule has 0 aromatic rings. The number of aliphatic hydroxyl groups excluding tert-OH is 8. The number of allylic oxidation sites excluding steroid dienone is 4. The van der Waals surface area contributed by atoms with E-state index in [0.717, 1.165) is 77.0 Å². The lowest BCUT2D eigenvalue weighted by Crippen LogP contribution is -2.65. The zero-order valence-electron chi connectivity index (χ0n) is 33.4. The Kier molecular flexibility index (Phi) is 26.7. The highest BCUT2D eigenvalue weighted by atomic mass is 16.7. The number of rotatable bonds is 30. The molecule has 0 aromatic carbocycles. The first-order valence-corrected chi connectivity index (χ1v) is 21.1. The number of hydrogen-bond donors (Lipinski definition) is 9. The van der Waals surface area contributed by atoms with E-state index in [2.05, 4.69) is 43.5 Å². The lowest BCUT2D eigenvalue weighted by Gasteiger charge is -2.46. The summed E-state index contributed by atoms with van der Waals surface area (Å²) in [6.07, 6.45) is 10.8. The molecule has 0 aliphatic carbocycles. The topological polar surface area (TPSA) is 228 Å². The highest BCUT2D eigenvalue weighted by molar-refractivity contribution is 5.76. The Labute approximate surface area is 328 Å². The molecule has 1 amide bonds. The number of carbonyl (C=O) groups excluding carboxylic acids is 1. The minimum Gasteiger partial charge on any atom is -0.394 e. The maximum absolute atomic E-state index is 13.0. The summed E-state index contributed by atoms with van der Waals surface area (Å²) >= 11 is 0. The number of nitrogens with one attached hydrogen (secondary N) is 1. The van der Waals surface area contributed by atoms with E-state index in [0.29, 0.717) is 12.8 Å². The van der Waals surface area contributed by atoms with Gasteiger partial charge in [0.2, 0.25) is 5.91 Å². The van der Waals surface area contributed by atoms with Gasteiger partial charge in [0.1, 0.15) is 48.8 Å². The number of amides is 1. The Morgan fingerprint density at radius 2 is 1.22 bits per heavy atom. The van der Waals surface area contributed by atoms with Crippen molar-refractivity contribution in [1.82, 2.24) is 5.32 Å². The fraction of sp³-hybridized carbons (Fsp3) is 0.878. The molecule has 14 heteroatoms. The summed E-state index contributed by atoms with van der Waals surface area (Å²) < 4.78 is 22.6. The third-order valence-electron chi connectivity index (χ3n) is 10.4. The van der Waals surface area contributed by atoms with E-state index in [1.54, 1.807) is 0 Å². The van der Waals surface area contributed by atoms with Crippen molar-refractivity contribution in [3.05, 3.63) is 24.3 Å². The van der Waals surface area contributed by atoms with Crippen LogP contribution in [-0.4, -0.2) is 140 Å². The number of carbonyl (C=O) groups is 1. The van der Waals surface area contributed by atoms with Crippen molar-refractivity contribution in [1.29, 1.82) is 0 Å². The quantitative estimate of drug-likeness (QED) is 0.0377. The first kappa shape index (κ1) is 49.6. The van der Waals surface area contributed by atoms with Gasteiger partial charge in [0.15, 0.2) is 12.6 Å². The van der Waals surface area contributed by atoms with Crippen LogP contribution in [0.15, 0.2) is 24.3 Å². The zero-order chi connectivity index (χ0) is 40.4. The largest absolute Gasteiger partial charge is 0.394 e. The summed E-state index contributed by atoms with van der Waals surface area (Å²) in [4.78, 5) is 13.0. The highest BCUT2D eigenvalue weighted by Crippen LogP contribution is 2.30. The van der Waals surface area contributed by atoms with Crippen LogP contribution in [0.3, 0.4) is 0 Å². The van der Waals surface area contributed by atoms with Crippen molar-refractivity contribution in [3.8, 4) is 0 Å². The van der Waals surface area contributed by atoms with Gasteiger partial charge < -0.3 is 65.1 Å². The Balaban J connectivity index is 1.89. The van der Waals surface area contributed by atoms with Gasteiger partial charge in [0.05, 0.1) is 32.0 Å². The standard InChI is InChI=1S/C41H75NO13/c1-3-5-7-9-11-12-13-14-15-16-17-19-21-23-25-33(46)42-29(30(45)24-22-20-18-10-8-6-4-2)28-52-40-38(51)36(49)39(32(27-44)54-40)55-41-37(50)35(48)34(47)31(26-43)53-41/h9,11,13-14,29-32,34-41,43-45,47-51H,3-8,10,12,15-28H2,1-2H3,(H,42,46)/b11-9-,14-13-. The van der Waals surface area contributed by atoms with E-state index in [9.17, 15) is 45.6 Å². The van der Waals surface area contributed by atoms with Crippen molar-refractivity contribution in [2.24, 2.45) is 0 Å². The smallest absolute Gasteiger partial charge is 0.220 e. The molecule has 0 spiro atoms. The van der Waals surface area contributed by atoms with E-state index in [1.165, 1.54) is 25.7 Å². The summed E-state index contributed by atoms with van der Waals surface area (Å²) in [6, 6.07) is -0.829. The average Bonchev–Trinajstić information content (AvgIpc) is 3.18. The molecule has 0 aromatic heterocycles. The lowest BCUT2D eigenvalue weighted by atomic mass is 9.97. The summed E-state index contributed by atoms with van der Waals surface area (Å²) in [5.74, 6) is -0.228. The molecule has 2 aliphatic heterocycles. The Morgan fingerprint density at radius 3 is 1.87 bits per heavy atom. The van der Waals surface area contributed by atoms with Gasteiger partial charge in [-0.1, -0.05) is 115 Å². The van der Waals surface area contributed by atoms with Gasteiger partial charge in [-0.05, 0) is 38.5 Å². The predicted octanol–water partition coefficient (Wildman–Crippen LogP) is 3.04. The number of hydrogen-bond acceptors (Lipinski definition) is 13. The van der Waals surface area contributed by atoms with Crippen molar-refractivity contribution in [3.63, 3.8) is 0 Å². The van der Waals surface area contributed by atoms with E-state index < -0.39 is 86.8 Å². The summed E-state index contributed by atoms with van der Waals surface area (Å²) in [6.45, 7) is 2.70. The molecular formula is C41H75NO13. The maximum atomic E-state index is 13.0. The van der Waals surface area contributed by atoms with Crippen LogP contribution in [-0.2, 0) is 23.7 Å². The molecule has 2 aliphatic rings. The SMILES string of the molecule is CCCC/C=C\C/C=C\CCCCCCCC(=O)NC(COC1OC(CO)C(OC2OC(CO)C(O)C(O)C2O)C(O)C1O)C(O)CCCCCCCCC. The Hall–Kier alpha value is -1.53. The van der Waals surface area contributed by atoms with Gasteiger partial charge >= 0.3 is 0 Å². The first-order chi connectivity index (χ1) is 26.6. The van der Waals surface area contributed by atoms with E-state index in [1.807, 2.05) is 0 Å². The van der Waals surface area contributed by atoms with Crippen molar-refractivity contribution in [2.75, 3.05) is 19.8 Å². The van der Waals surface area contributed by atoms with Crippen LogP contribution in [0, 0.1) is 0 Å². The van der Waals surface area contributed by atoms with Crippen molar-refractivity contribution >= 4 is 5.91 Å². The molecule has 14 nitrogen and oxygen atoms in total. The summed E-state index contributed by atoms with van der Waals surface area (Å²) in [5.41, 5.74) is 0. The molecule has 2 rings (SSSR count). The second-order valence-corrected chi connectivity index (χ2v) is 15.1. The van der Waals surface area contributed by atoms with Gasteiger partial charge in [0, 0.05) is 6.42 Å². The number of aliphatic hydroxyl groups is 8. The normalized spacial score (nSPS) is 29.9. The van der Waals surface area contributed by atoms with Crippen molar-refractivity contribution < 1.29 is 64.6 Å². The maximum Gasteiger partial charge on any atom is 0.220 e. The van der Waals surface area contributed by atoms with Crippen LogP contribution in [0.5, 0.6) is 0 Å². The van der Waals surface area contributed by atoms with Crippen LogP contribution < -0.4 is 5.32 Å². The molecule has 0 saturated carbocycles. The van der Waals surface area contributed by atoms with Gasteiger partial charge in [-0.15, -0.1) is 0 Å². The fourth-order valence-electron chi connectivity index (χ4n) is 6.84. The van der Waals surface area contributed by atoms with E-state index >= 15 is 0 Å². The van der Waals surface area contributed by atoms with Crippen molar-refractivity contribution in [2.45, 2.75) is 209 Å². The lowest BCUT2D eigenvalue weighted by molar-refractivity contribution is -0.359. The molecule has 55 heavy (non-hydrogen) atoms. The number of unbranched alkanes of at least 4 members (excludes halogenated alkanes) is 13. The molecule has 322 valence electrons. The first-order valence-electron chi connectivity index (χ1n) is 21.1. The molecule has 0 bridgehead atoms. The van der Waals surface area contributed by atoms with Crippen LogP contribution in [0.1, 0.15) is 136 Å². The fourth-order valence-corrected chi connectivity index (χ4v) is 6.84. The predicted molar refractivity (Wildman–Crippen MR) is 208 cm³/mol. The molecular weight excluding hydrogens is 714 g/mol.